The highest BCUT2D eigenvalue weighted by atomic mass is 16.1. The summed E-state index contributed by atoms with van der Waals surface area (Å²) in [5, 5.41) is 11.3. The zero-order valence-electron chi connectivity index (χ0n) is 8.82. The second-order valence-corrected chi connectivity index (χ2v) is 3.25. The summed E-state index contributed by atoms with van der Waals surface area (Å²) in [5.74, 6) is -0.228. The Kier molecular flexibility index (Phi) is 3.81. The molecule has 1 unspecified atom stereocenters. The van der Waals surface area contributed by atoms with Crippen LogP contribution in [-0.2, 0) is 0 Å². The van der Waals surface area contributed by atoms with Crippen molar-refractivity contribution in [2.75, 3.05) is 0 Å². The van der Waals surface area contributed by atoms with Crippen molar-refractivity contribution in [1.82, 2.24) is 10.3 Å². The lowest BCUT2D eigenvalue weighted by atomic mass is 10.2. The highest BCUT2D eigenvalue weighted by Gasteiger charge is 2.10. The Labute approximate surface area is 88.9 Å². The Hall–Kier alpha value is -1.89. The number of rotatable bonds is 3. The van der Waals surface area contributed by atoms with Gasteiger partial charge in [-0.15, -0.1) is 0 Å². The molecule has 0 saturated carbocycles. The van der Waals surface area contributed by atoms with Crippen LogP contribution in [0.2, 0.25) is 0 Å². The fourth-order valence-corrected chi connectivity index (χ4v) is 1.15. The van der Waals surface area contributed by atoms with Crippen LogP contribution in [-0.4, -0.2) is 16.9 Å². The first-order valence-electron chi connectivity index (χ1n) is 4.80. The van der Waals surface area contributed by atoms with E-state index in [1.807, 2.05) is 19.9 Å². The summed E-state index contributed by atoms with van der Waals surface area (Å²) in [5.41, 5.74) is 1.32. The minimum atomic E-state index is -0.425. The standard InChI is InChI=1S/C11H13N3O/c1-3-10(7-12)14-11(15)9-4-5-13-8(2)6-9/h4-6,10H,3H2,1-2H3,(H,14,15). The molecule has 1 amide bonds. The number of pyridine rings is 1. The quantitative estimate of drug-likeness (QED) is 0.808. The fraction of sp³-hybridized carbons (Fsp3) is 0.364. The summed E-state index contributed by atoms with van der Waals surface area (Å²) < 4.78 is 0. The van der Waals surface area contributed by atoms with Crippen LogP contribution in [0, 0.1) is 18.3 Å². The van der Waals surface area contributed by atoms with Crippen LogP contribution in [0.15, 0.2) is 18.3 Å². The predicted molar refractivity (Wildman–Crippen MR) is 56.1 cm³/mol. The third-order valence-electron chi connectivity index (χ3n) is 2.03. The largest absolute Gasteiger partial charge is 0.336 e. The minimum absolute atomic E-state index is 0.228. The Morgan fingerprint density at radius 3 is 3.00 bits per heavy atom. The monoisotopic (exact) mass is 203 g/mol. The van der Waals surface area contributed by atoms with E-state index in [0.717, 1.165) is 5.69 Å². The Morgan fingerprint density at radius 2 is 2.47 bits per heavy atom. The highest BCUT2D eigenvalue weighted by Crippen LogP contribution is 2.01. The van der Waals surface area contributed by atoms with Gasteiger partial charge in [0, 0.05) is 17.5 Å². The molecule has 1 N–H and O–H groups in total. The zero-order valence-corrected chi connectivity index (χ0v) is 8.82. The van der Waals surface area contributed by atoms with Crippen LogP contribution in [0.5, 0.6) is 0 Å². The molecule has 0 aliphatic carbocycles. The number of carbonyl (C=O) groups excluding carboxylic acids is 1. The van der Waals surface area contributed by atoms with E-state index in [-0.39, 0.29) is 5.91 Å². The number of aromatic nitrogens is 1. The smallest absolute Gasteiger partial charge is 0.252 e. The molecule has 0 fully saturated rings. The minimum Gasteiger partial charge on any atom is -0.336 e. The van der Waals surface area contributed by atoms with Crippen molar-refractivity contribution in [3.8, 4) is 6.07 Å². The second kappa shape index (κ2) is 5.11. The van der Waals surface area contributed by atoms with Gasteiger partial charge in [0.15, 0.2) is 0 Å². The maximum atomic E-state index is 11.6. The molecule has 0 saturated heterocycles. The first-order chi connectivity index (χ1) is 7.17. The van der Waals surface area contributed by atoms with Gasteiger partial charge in [-0.1, -0.05) is 6.92 Å². The number of aryl methyl sites for hydroxylation is 1. The highest BCUT2D eigenvalue weighted by molar-refractivity contribution is 5.94. The van der Waals surface area contributed by atoms with Gasteiger partial charge in [-0.25, -0.2) is 0 Å². The fourth-order valence-electron chi connectivity index (χ4n) is 1.15. The molecule has 0 aliphatic heterocycles. The molecule has 1 aromatic rings. The summed E-state index contributed by atoms with van der Waals surface area (Å²) in [6.45, 7) is 3.67. The molecule has 4 heteroatoms. The van der Waals surface area contributed by atoms with Crippen molar-refractivity contribution in [1.29, 1.82) is 5.26 Å². The average Bonchev–Trinajstić information content (AvgIpc) is 2.25. The van der Waals surface area contributed by atoms with Crippen LogP contribution < -0.4 is 5.32 Å². The van der Waals surface area contributed by atoms with Gasteiger partial charge in [-0.05, 0) is 25.5 Å². The third kappa shape index (κ3) is 3.06. The van der Waals surface area contributed by atoms with Crippen molar-refractivity contribution >= 4 is 5.91 Å². The number of hydrogen-bond acceptors (Lipinski definition) is 3. The molecule has 1 aromatic heterocycles. The maximum absolute atomic E-state index is 11.6. The van der Waals surface area contributed by atoms with Crippen molar-refractivity contribution in [2.45, 2.75) is 26.3 Å². The van der Waals surface area contributed by atoms with Crippen molar-refractivity contribution in [2.24, 2.45) is 0 Å². The van der Waals surface area contributed by atoms with E-state index in [1.165, 1.54) is 0 Å². The van der Waals surface area contributed by atoms with Crippen molar-refractivity contribution in [3.05, 3.63) is 29.6 Å². The Morgan fingerprint density at radius 1 is 1.73 bits per heavy atom. The molecule has 1 heterocycles. The second-order valence-electron chi connectivity index (χ2n) is 3.25. The summed E-state index contributed by atoms with van der Waals surface area (Å²) in [4.78, 5) is 15.6. The summed E-state index contributed by atoms with van der Waals surface area (Å²) >= 11 is 0. The number of hydrogen-bond donors (Lipinski definition) is 1. The molecule has 0 spiro atoms. The normalized spacial score (nSPS) is 11.5. The van der Waals surface area contributed by atoms with Gasteiger partial charge < -0.3 is 5.32 Å². The topological polar surface area (TPSA) is 65.8 Å². The van der Waals surface area contributed by atoms with Gasteiger partial charge in [0.25, 0.3) is 5.91 Å². The molecule has 1 rings (SSSR count). The lowest BCUT2D eigenvalue weighted by Crippen LogP contribution is -2.33. The molecular formula is C11H13N3O. The Bertz CT molecular complexity index is 395. The van der Waals surface area contributed by atoms with Crippen LogP contribution in [0.4, 0.5) is 0 Å². The van der Waals surface area contributed by atoms with E-state index in [4.69, 9.17) is 5.26 Å². The van der Waals surface area contributed by atoms with Crippen LogP contribution in [0.25, 0.3) is 0 Å². The molecule has 0 aromatic carbocycles. The summed E-state index contributed by atoms with van der Waals surface area (Å²) in [7, 11) is 0. The number of amides is 1. The van der Waals surface area contributed by atoms with Crippen molar-refractivity contribution < 1.29 is 4.79 Å². The van der Waals surface area contributed by atoms with Gasteiger partial charge >= 0.3 is 0 Å². The van der Waals surface area contributed by atoms with E-state index in [2.05, 4.69) is 10.3 Å². The summed E-state index contributed by atoms with van der Waals surface area (Å²) in [6, 6.07) is 4.92. The number of nitriles is 1. The first-order valence-corrected chi connectivity index (χ1v) is 4.80. The van der Waals surface area contributed by atoms with Gasteiger partial charge in [0.05, 0.1) is 6.07 Å². The molecule has 78 valence electrons. The van der Waals surface area contributed by atoms with E-state index < -0.39 is 6.04 Å². The molecule has 0 radical (unpaired) electrons. The van der Waals surface area contributed by atoms with Gasteiger partial charge in [-0.3, -0.25) is 9.78 Å². The molecule has 0 aliphatic rings. The summed E-state index contributed by atoms with van der Waals surface area (Å²) in [6.07, 6.45) is 2.18. The van der Waals surface area contributed by atoms with Crippen LogP contribution in [0.3, 0.4) is 0 Å². The predicted octanol–water partition coefficient (Wildman–Crippen LogP) is 1.42. The van der Waals surface area contributed by atoms with Crippen LogP contribution in [0.1, 0.15) is 29.4 Å². The van der Waals surface area contributed by atoms with Crippen LogP contribution >= 0.6 is 0 Å². The Balaban J connectivity index is 2.74. The number of carbonyl (C=O) groups is 1. The van der Waals surface area contributed by atoms with E-state index >= 15 is 0 Å². The third-order valence-corrected chi connectivity index (χ3v) is 2.03. The number of nitrogens with one attached hydrogen (secondary N) is 1. The van der Waals surface area contributed by atoms with Gasteiger partial charge in [-0.2, -0.15) is 5.26 Å². The lowest BCUT2D eigenvalue weighted by molar-refractivity contribution is 0.0944. The molecule has 0 bridgehead atoms. The van der Waals surface area contributed by atoms with E-state index in [9.17, 15) is 4.79 Å². The molecule has 1 atom stereocenters. The van der Waals surface area contributed by atoms with Gasteiger partial charge in [0.1, 0.15) is 6.04 Å². The maximum Gasteiger partial charge on any atom is 0.252 e. The van der Waals surface area contributed by atoms with E-state index in [1.54, 1.807) is 18.3 Å². The van der Waals surface area contributed by atoms with Crippen molar-refractivity contribution in [3.63, 3.8) is 0 Å². The zero-order chi connectivity index (χ0) is 11.3. The lowest BCUT2D eigenvalue weighted by Gasteiger charge is -2.08. The molecule has 4 nitrogen and oxygen atoms in total. The SMILES string of the molecule is CCC(C#N)NC(=O)c1ccnc(C)c1. The number of nitrogens with zero attached hydrogens (tertiary/aromatic N) is 2. The molecular weight excluding hydrogens is 190 g/mol. The average molecular weight is 203 g/mol. The first kappa shape index (κ1) is 11.2. The van der Waals surface area contributed by atoms with E-state index in [0.29, 0.717) is 12.0 Å². The molecule has 15 heavy (non-hydrogen) atoms. The van der Waals surface area contributed by atoms with Gasteiger partial charge in [0.2, 0.25) is 0 Å².